The molecule has 1 aromatic carbocycles. The number of hydrogen-bond acceptors (Lipinski definition) is 7. The number of thioether (sulfide) groups is 1. The molecule has 0 aliphatic carbocycles. The van der Waals surface area contributed by atoms with Crippen molar-refractivity contribution in [3.63, 3.8) is 0 Å². The molecule has 108 valence electrons. The first-order valence-electron chi connectivity index (χ1n) is 6.10. The lowest BCUT2D eigenvalue weighted by molar-refractivity contribution is -0.118. The molecule has 8 heteroatoms. The minimum atomic E-state index is -0.302. The van der Waals surface area contributed by atoms with Gasteiger partial charge in [0.1, 0.15) is 5.75 Å². The number of ether oxygens (including phenoxy) is 1. The quantitative estimate of drug-likeness (QED) is 0.650. The van der Waals surface area contributed by atoms with E-state index in [9.17, 15) is 4.79 Å². The van der Waals surface area contributed by atoms with Crippen LogP contribution < -0.4 is 10.1 Å². The number of nitrogens with one attached hydrogen (secondary N) is 1. The molecule has 0 aliphatic heterocycles. The molecule has 0 bridgehead atoms. The number of amides is 1. The molecule has 1 aromatic heterocycles. The summed E-state index contributed by atoms with van der Waals surface area (Å²) >= 11 is 2.90. The third-order valence-corrected chi connectivity index (χ3v) is 4.13. The van der Waals surface area contributed by atoms with Gasteiger partial charge in [-0.25, -0.2) is 0 Å². The van der Waals surface area contributed by atoms with Crippen LogP contribution in [0.1, 0.15) is 12.5 Å². The molecule has 0 spiro atoms. The molecular formula is C13H12N4O2S2. The Balaban J connectivity index is 1.82. The highest BCUT2D eigenvalue weighted by molar-refractivity contribution is 8.01. The molecule has 0 saturated heterocycles. The molecule has 0 fully saturated rings. The van der Waals surface area contributed by atoms with Crippen LogP contribution >= 0.6 is 23.1 Å². The summed E-state index contributed by atoms with van der Waals surface area (Å²) in [6.45, 7) is 1.90. The Hall–Kier alpha value is -2.11. The Kier molecular flexibility index (Phi) is 5.54. The van der Waals surface area contributed by atoms with Gasteiger partial charge in [0.15, 0.2) is 10.9 Å². The van der Waals surface area contributed by atoms with E-state index in [-0.39, 0.29) is 12.5 Å². The molecular weight excluding hydrogens is 308 g/mol. The number of aromatic nitrogens is 2. The van der Waals surface area contributed by atoms with Gasteiger partial charge in [-0.3, -0.25) is 10.1 Å². The van der Waals surface area contributed by atoms with Crippen LogP contribution in [0.25, 0.3) is 0 Å². The molecule has 2 rings (SSSR count). The summed E-state index contributed by atoms with van der Waals surface area (Å²) in [7, 11) is 0. The van der Waals surface area contributed by atoms with Gasteiger partial charge in [-0.1, -0.05) is 30.0 Å². The second-order valence-electron chi connectivity index (χ2n) is 3.78. The number of carbonyl (C=O) groups is 1. The van der Waals surface area contributed by atoms with Gasteiger partial charge in [0.05, 0.1) is 11.6 Å². The fraction of sp³-hybridized carbons (Fsp3) is 0.231. The highest BCUT2D eigenvalue weighted by Gasteiger charge is 2.08. The van der Waals surface area contributed by atoms with Crippen molar-refractivity contribution in [1.82, 2.24) is 10.2 Å². The predicted octanol–water partition coefficient (Wildman–Crippen LogP) is 2.54. The fourth-order valence-electron chi connectivity index (χ4n) is 1.37. The summed E-state index contributed by atoms with van der Waals surface area (Å²) in [5, 5.41) is 19.6. The van der Waals surface area contributed by atoms with Crippen LogP contribution in [0, 0.1) is 11.3 Å². The highest BCUT2D eigenvalue weighted by Crippen LogP contribution is 2.24. The van der Waals surface area contributed by atoms with Crippen molar-refractivity contribution in [2.75, 3.05) is 17.7 Å². The van der Waals surface area contributed by atoms with Gasteiger partial charge in [-0.05, 0) is 30.0 Å². The van der Waals surface area contributed by atoms with Gasteiger partial charge in [-0.2, -0.15) is 5.26 Å². The lowest BCUT2D eigenvalue weighted by Gasteiger charge is -2.05. The maximum absolute atomic E-state index is 11.7. The van der Waals surface area contributed by atoms with E-state index in [1.54, 1.807) is 36.0 Å². The zero-order chi connectivity index (χ0) is 15.1. The number of carbonyl (C=O) groups excluding carboxylic acids is 1. The van der Waals surface area contributed by atoms with Gasteiger partial charge >= 0.3 is 0 Å². The normalized spacial score (nSPS) is 9.90. The summed E-state index contributed by atoms with van der Waals surface area (Å²) in [4.78, 5) is 11.7. The molecule has 0 unspecified atom stereocenters. The molecule has 1 N–H and O–H groups in total. The first kappa shape index (κ1) is 15.3. The lowest BCUT2D eigenvalue weighted by Crippen LogP contribution is -2.20. The molecule has 1 heterocycles. The molecule has 0 saturated carbocycles. The Bertz CT molecular complexity index is 649. The van der Waals surface area contributed by atoms with E-state index in [4.69, 9.17) is 10.00 Å². The summed E-state index contributed by atoms with van der Waals surface area (Å²) < 4.78 is 6.14. The summed E-state index contributed by atoms with van der Waals surface area (Å²) in [5.74, 6) is 1.14. The maximum atomic E-state index is 11.7. The SMILES string of the molecule is CCSc1nnc(NC(=O)COc2ccc(C#N)cc2)s1. The highest BCUT2D eigenvalue weighted by atomic mass is 32.2. The molecule has 0 radical (unpaired) electrons. The van der Waals surface area contributed by atoms with E-state index in [1.165, 1.54) is 11.3 Å². The molecule has 6 nitrogen and oxygen atoms in total. The molecule has 0 aliphatic rings. The first-order chi connectivity index (χ1) is 10.2. The minimum Gasteiger partial charge on any atom is -0.484 e. The zero-order valence-electron chi connectivity index (χ0n) is 11.2. The van der Waals surface area contributed by atoms with Gasteiger partial charge in [0.25, 0.3) is 5.91 Å². The minimum absolute atomic E-state index is 0.123. The monoisotopic (exact) mass is 320 g/mol. The van der Waals surface area contributed by atoms with E-state index in [0.29, 0.717) is 16.4 Å². The van der Waals surface area contributed by atoms with Crippen LogP contribution in [0.5, 0.6) is 5.75 Å². The smallest absolute Gasteiger partial charge is 0.264 e. The Labute approximate surface area is 130 Å². The molecule has 0 atom stereocenters. The number of hydrogen-bond donors (Lipinski definition) is 1. The topological polar surface area (TPSA) is 87.9 Å². The Morgan fingerprint density at radius 1 is 1.43 bits per heavy atom. The first-order valence-corrected chi connectivity index (χ1v) is 7.90. The number of nitriles is 1. The van der Waals surface area contributed by atoms with Crippen molar-refractivity contribution in [3.05, 3.63) is 29.8 Å². The zero-order valence-corrected chi connectivity index (χ0v) is 12.8. The maximum Gasteiger partial charge on any atom is 0.264 e. The summed E-state index contributed by atoms with van der Waals surface area (Å²) in [6.07, 6.45) is 0. The van der Waals surface area contributed by atoms with E-state index in [2.05, 4.69) is 15.5 Å². The van der Waals surface area contributed by atoms with Gasteiger partial charge < -0.3 is 4.74 Å². The van der Waals surface area contributed by atoms with Crippen LogP contribution in [-0.4, -0.2) is 28.5 Å². The molecule has 21 heavy (non-hydrogen) atoms. The van der Waals surface area contributed by atoms with Crippen LogP contribution in [0.2, 0.25) is 0 Å². The Morgan fingerprint density at radius 3 is 2.86 bits per heavy atom. The van der Waals surface area contributed by atoms with Crippen molar-refractivity contribution < 1.29 is 9.53 Å². The number of benzene rings is 1. The van der Waals surface area contributed by atoms with Gasteiger partial charge in [-0.15, -0.1) is 10.2 Å². The lowest BCUT2D eigenvalue weighted by atomic mass is 10.2. The van der Waals surface area contributed by atoms with E-state index < -0.39 is 0 Å². The van der Waals surface area contributed by atoms with E-state index >= 15 is 0 Å². The fourth-order valence-corrected chi connectivity index (χ4v) is 3.04. The van der Waals surface area contributed by atoms with Crippen molar-refractivity contribution in [2.24, 2.45) is 0 Å². The van der Waals surface area contributed by atoms with Gasteiger partial charge in [0.2, 0.25) is 5.13 Å². The average Bonchev–Trinajstić information content (AvgIpc) is 2.93. The standard InChI is InChI=1S/C13H12N4O2S2/c1-2-20-13-17-16-12(21-13)15-11(18)8-19-10-5-3-9(7-14)4-6-10/h3-6H,2,8H2,1H3,(H,15,16,18). The number of anilines is 1. The summed E-state index contributed by atoms with van der Waals surface area (Å²) in [5.41, 5.74) is 0.543. The largest absolute Gasteiger partial charge is 0.484 e. The Morgan fingerprint density at radius 2 is 2.19 bits per heavy atom. The van der Waals surface area contributed by atoms with Crippen molar-refractivity contribution in [3.8, 4) is 11.8 Å². The van der Waals surface area contributed by atoms with Crippen molar-refractivity contribution in [2.45, 2.75) is 11.3 Å². The average molecular weight is 320 g/mol. The second-order valence-corrected chi connectivity index (χ2v) is 6.27. The van der Waals surface area contributed by atoms with Crippen LogP contribution in [0.4, 0.5) is 5.13 Å². The molecule has 2 aromatic rings. The second kappa shape index (κ2) is 7.61. The van der Waals surface area contributed by atoms with Crippen LogP contribution in [-0.2, 0) is 4.79 Å². The van der Waals surface area contributed by atoms with Crippen LogP contribution in [0.15, 0.2) is 28.6 Å². The van der Waals surface area contributed by atoms with E-state index in [1.807, 2.05) is 13.0 Å². The van der Waals surface area contributed by atoms with Crippen molar-refractivity contribution in [1.29, 1.82) is 5.26 Å². The number of nitrogens with zero attached hydrogens (tertiary/aromatic N) is 3. The third-order valence-electron chi connectivity index (χ3n) is 2.27. The summed E-state index contributed by atoms with van der Waals surface area (Å²) in [6, 6.07) is 8.57. The van der Waals surface area contributed by atoms with Crippen LogP contribution in [0.3, 0.4) is 0 Å². The predicted molar refractivity (Wildman–Crippen MR) is 81.6 cm³/mol. The van der Waals surface area contributed by atoms with Gasteiger partial charge in [0, 0.05) is 0 Å². The third kappa shape index (κ3) is 4.73. The molecule has 1 amide bonds. The van der Waals surface area contributed by atoms with E-state index in [0.717, 1.165) is 10.1 Å². The van der Waals surface area contributed by atoms with Crippen molar-refractivity contribution >= 4 is 34.1 Å². The number of rotatable bonds is 6.